The van der Waals surface area contributed by atoms with E-state index in [-0.39, 0.29) is 10.7 Å². The zero-order valence-corrected chi connectivity index (χ0v) is 13.7. The monoisotopic (exact) mass is 443 g/mol. The molecular weight excluding hydrogens is 438 g/mol. The summed E-state index contributed by atoms with van der Waals surface area (Å²) in [4.78, 5) is 11.1. The van der Waals surface area contributed by atoms with Gasteiger partial charge in [0.1, 0.15) is 0 Å². The molecular formula is C13H6Cl2F2INO2. The van der Waals surface area contributed by atoms with Crippen molar-refractivity contribution in [2.24, 2.45) is 0 Å². The molecule has 3 nitrogen and oxygen atoms in total. The Morgan fingerprint density at radius 3 is 2.38 bits per heavy atom. The summed E-state index contributed by atoms with van der Waals surface area (Å²) in [6, 6.07) is 5.64. The van der Waals surface area contributed by atoms with Gasteiger partial charge in [0.05, 0.1) is 27.0 Å². The Morgan fingerprint density at radius 1 is 1.14 bits per heavy atom. The smallest absolute Gasteiger partial charge is 0.337 e. The van der Waals surface area contributed by atoms with Crippen molar-refractivity contribution in [1.29, 1.82) is 0 Å². The number of hydrogen-bond acceptors (Lipinski definition) is 2. The van der Waals surface area contributed by atoms with Crippen molar-refractivity contribution in [3.05, 3.63) is 55.1 Å². The topological polar surface area (TPSA) is 49.3 Å². The van der Waals surface area contributed by atoms with Crippen LogP contribution in [0.25, 0.3) is 0 Å². The Bertz CT molecular complexity index is 741. The summed E-state index contributed by atoms with van der Waals surface area (Å²) in [5.41, 5.74) is -0.777. The molecule has 2 aromatic rings. The third-order valence-electron chi connectivity index (χ3n) is 2.58. The highest BCUT2D eigenvalue weighted by molar-refractivity contribution is 14.1. The molecule has 0 saturated carbocycles. The van der Waals surface area contributed by atoms with E-state index in [9.17, 15) is 13.6 Å². The number of benzene rings is 2. The summed E-state index contributed by atoms with van der Waals surface area (Å²) >= 11 is 13.5. The standard InChI is InChI=1S/C13H6Cl2F2INO2/c14-7-3-5(18)1-2-9(7)19-12-6(13(20)21)4-8(15)10(16)11(12)17/h1-4,19H,(H,20,21). The highest BCUT2D eigenvalue weighted by Gasteiger charge is 2.22. The Morgan fingerprint density at radius 2 is 1.81 bits per heavy atom. The molecule has 0 atom stereocenters. The van der Waals surface area contributed by atoms with Crippen LogP contribution in [0.2, 0.25) is 10.0 Å². The summed E-state index contributed by atoms with van der Waals surface area (Å²) in [5, 5.41) is 11.2. The van der Waals surface area contributed by atoms with Gasteiger partial charge in [0.25, 0.3) is 0 Å². The molecule has 110 valence electrons. The molecule has 2 rings (SSSR count). The molecule has 0 radical (unpaired) electrons. The summed E-state index contributed by atoms with van der Waals surface area (Å²) in [7, 11) is 0. The first-order valence-electron chi connectivity index (χ1n) is 5.44. The first-order chi connectivity index (χ1) is 9.81. The van der Waals surface area contributed by atoms with Gasteiger partial charge in [-0.2, -0.15) is 0 Å². The largest absolute Gasteiger partial charge is 0.478 e. The van der Waals surface area contributed by atoms with Gasteiger partial charge in [-0.05, 0) is 46.9 Å². The molecule has 0 bridgehead atoms. The number of halogens is 5. The summed E-state index contributed by atoms with van der Waals surface area (Å²) < 4.78 is 28.3. The van der Waals surface area contributed by atoms with Gasteiger partial charge in [0.15, 0.2) is 11.6 Å². The average Bonchev–Trinajstić information content (AvgIpc) is 2.41. The van der Waals surface area contributed by atoms with E-state index in [2.05, 4.69) is 5.32 Å². The number of aromatic carboxylic acids is 1. The lowest BCUT2D eigenvalue weighted by Gasteiger charge is -2.13. The van der Waals surface area contributed by atoms with Gasteiger partial charge in [-0.1, -0.05) is 23.2 Å². The number of anilines is 2. The van der Waals surface area contributed by atoms with E-state index in [1.54, 1.807) is 12.1 Å². The SMILES string of the molecule is O=C(O)c1cc(Cl)c(F)c(F)c1Nc1ccc(I)cc1Cl. The van der Waals surface area contributed by atoms with E-state index in [0.717, 1.165) is 9.64 Å². The predicted molar refractivity (Wildman–Crippen MR) is 85.8 cm³/mol. The van der Waals surface area contributed by atoms with Crippen LogP contribution in [-0.4, -0.2) is 11.1 Å². The quantitative estimate of drug-likeness (QED) is 0.498. The minimum absolute atomic E-state index is 0.244. The third kappa shape index (κ3) is 3.38. The molecule has 2 aromatic carbocycles. The van der Waals surface area contributed by atoms with Gasteiger partial charge >= 0.3 is 5.97 Å². The Labute approximate surface area is 142 Å². The number of carboxylic acid groups (broad SMARTS) is 1. The highest BCUT2D eigenvalue weighted by atomic mass is 127. The van der Waals surface area contributed by atoms with Crippen LogP contribution in [-0.2, 0) is 0 Å². The maximum atomic E-state index is 14.0. The van der Waals surface area contributed by atoms with E-state index in [0.29, 0.717) is 0 Å². The van der Waals surface area contributed by atoms with Gasteiger partial charge in [-0.15, -0.1) is 0 Å². The molecule has 0 saturated heterocycles. The number of hydrogen-bond donors (Lipinski definition) is 2. The van der Waals surface area contributed by atoms with Crippen molar-refractivity contribution in [3.63, 3.8) is 0 Å². The second-order valence-electron chi connectivity index (χ2n) is 3.96. The van der Waals surface area contributed by atoms with Crippen LogP contribution < -0.4 is 5.32 Å². The molecule has 2 N–H and O–H groups in total. The molecule has 0 aliphatic rings. The van der Waals surface area contributed by atoms with Gasteiger partial charge in [-0.3, -0.25) is 0 Å². The van der Waals surface area contributed by atoms with Crippen molar-refractivity contribution in [2.45, 2.75) is 0 Å². The maximum Gasteiger partial charge on any atom is 0.337 e. The Hall–Kier alpha value is -1.12. The van der Waals surface area contributed by atoms with Crippen LogP contribution in [0.1, 0.15) is 10.4 Å². The number of carboxylic acids is 1. The lowest BCUT2D eigenvalue weighted by atomic mass is 10.1. The number of carbonyl (C=O) groups is 1. The van der Waals surface area contributed by atoms with E-state index in [1.807, 2.05) is 22.6 Å². The molecule has 21 heavy (non-hydrogen) atoms. The molecule has 8 heteroatoms. The fourth-order valence-electron chi connectivity index (χ4n) is 1.61. The molecule has 0 aliphatic heterocycles. The number of nitrogens with one attached hydrogen (secondary N) is 1. The zero-order valence-electron chi connectivity index (χ0n) is 10.1. The second-order valence-corrected chi connectivity index (χ2v) is 6.02. The first kappa shape index (κ1) is 16.3. The highest BCUT2D eigenvalue weighted by Crippen LogP contribution is 2.33. The summed E-state index contributed by atoms with van der Waals surface area (Å²) in [5.74, 6) is -4.15. The molecule has 0 heterocycles. The lowest BCUT2D eigenvalue weighted by Crippen LogP contribution is -2.07. The Balaban J connectivity index is 2.57. The van der Waals surface area contributed by atoms with Crippen LogP contribution in [0.4, 0.5) is 20.2 Å². The fourth-order valence-corrected chi connectivity index (χ4v) is 2.71. The van der Waals surface area contributed by atoms with Crippen LogP contribution in [0.15, 0.2) is 24.3 Å². The predicted octanol–water partition coefficient (Wildman–Crippen LogP) is 5.32. The van der Waals surface area contributed by atoms with Crippen molar-refractivity contribution in [1.82, 2.24) is 0 Å². The van der Waals surface area contributed by atoms with Gasteiger partial charge in [0.2, 0.25) is 0 Å². The van der Waals surface area contributed by atoms with Crippen molar-refractivity contribution in [3.8, 4) is 0 Å². The summed E-state index contributed by atoms with van der Waals surface area (Å²) in [6.07, 6.45) is 0. The van der Waals surface area contributed by atoms with Gasteiger partial charge in [0, 0.05) is 3.57 Å². The summed E-state index contributed by atoms with van der Waals surface area (Å²) in [6.45, 7) is 0. The molecule has 0 aliphatic carbocycles. The van der Waals surface area contributed by atoms with E-state index < -0.39 is 33.9 Å². The Kier molecular flexibility index (Phi) is 4.90. The van der Waals surface area contributed by atoms with Crippen LogP contribution in [0, 0.1) is 15.2 Å². The fraction of sp³-hybridized carbons (Fsp3) is 0. The average molecular weight is 444 g/mol. The first-order valence-corrected chi connectivity index (χ1v) is 7.27. The van der Waals surface area contributed by atoms with E-state index in [1.165, 1.54) is 6.07 Å². The molecule has 0 spiro atoms. The normalized spacial score (nSPS) is 10.5. The molecule has 0 unspecified atom stereocenters. The van der Waals surface area contributed by atoms with Crippen LogP contribution >= 0.6 is 45.8 Å². The maximum absolute atomic E-state index is 14.0. The van der Waals surface area contributed by atoms with E-state index in [4.69, 9.17) is 28.3 Å². The van der Waals surface area contributed by atoms with Crippen molar-refractivity contribution < 1.29 is 18.7 Å². The molecule has 0 aromatic heterocycles. The number of rotatable bonds is 3. The minimum atomic E-state index is -1.44. The van der Waals surface area contributed by atoms with E-state index >= 15 is 0 Å². The molecule has 0 amide bonds. The van der Waals surface area contributed by atoms with Gasteiger partial charge in [-0.25, -0.2) is 13.6 Å². The minimum Gasteiger partial charge on any atom is -0.478 e. The molecule has 0 fully saturated rings. The lowest BCUT2D eigenvalue weighted by molar-refractivity contribution is 0.0697. The van der Waals surface area contributed by atoms with Crippen LogP contribution in [0.5, 0.6) is 0 Å². The zero-order chi connectivity index (χ0) is 15.7. The van der Waals surface area contributed by atoms with Crippen molar-refractivity contribution in [2.75, 3.05) is 5.32 Å². The van der Waals surface area contributed by atoms with Gasteiger partial charge < -0.3 is 10.4 Å². The van der Waals surface area contributed by atoms with Crippen LogP contribution in [0.3, 0.4) is 0 Å². The van der Waals surface area contributed by atoms with Crippen molar-refractivity contribution >= 4 is 63.1 Å². The second kappa shape index (κ2) is 6.33. The third-order valence-corrected chi connectivity index (χ3v) is 3.84.